The molecule has 1 aliphatic heterocycles. The smallest absolute Gasteiger partial charge is 0.321 e. The molecule has 2 atom stereocenters. The van der Waals surface area contributed by atoms with Crippen molar-refractivity contribution in [3.05, 3.63) is 35.9 Å². The van der Waals surface area contributed by atoms with E-state index >= 15 is 0 Å². The van der Waals surface area contributed by atoms with Gasteiger partial charge < -0.3 is 5.73 Å². The number of imide groups is 1. The number of carbonyl (C=O) groups excluding carboxylic acids is 2. The molecule has 3 amide bonds. The van der Waals surface area contributed by atoms with Crippen LogP contribution in [0.4, 0.5) is 4.79 Å². The fourth-order valence-electron chi connectivity index (χ4n) is 2.28. The summed E-state index contributed by atoms with van der Waals surface area (Å²) >= 11 is 0. The van der Waals surface area contributed by atoms with Gasteiger partial charge in [0.15, 0.2) is 0 Å². The monoisotopic (exact) mass is 218 g/mol. The van der Waals surface area contributed by atoms with Crippen LogP contribution < -0.4 is 5.73 Å². The quantitative estimate of drug-likeness (QED) is 0.775. The van der Waals surface area contributed by atoms with Crippen molar-refractivity contribution in [3.8, 4) is 0 Å². The minimum absolute atomic E-state index is 0.0567. The summed E-state index contributed by atoms with van der Waals surface area (Å²) in [4.78, 5) is 23.9. The lowest BCUT2D eigenvalue weighted by Crippen LogP contribution is -2.41. The normalized spacial score (nSPS) is 24.8. The average molecular weight is 218 g/mol. The Hall–Kier alpha value is -1.84. The highest BCUT2D eigenvalue weighted by Crippen LogP contribution is 2.33. The first-order chi connectivity index (χ1) is 7.61. The molecule has 1 saturated heterocycles. The number of likely N-dealkylation sites (tertiary alicyclic amines) is 1. The fraction of sp³-hybridized carbons (Fsp3) is 0.333. The molecular weight excluding hydrogens is 204 g/mol. The highest BCUT2D eigenvalue weighted by molar-refractivity contribution is 5.96. The Bertz CT molecular complexity index is 416. The van der Waals surface area contributed by atoms with Crippen molar-refractivity contribution in [1.29, 1.82) is 0 Å². The summed E-state index contributed by atoms with van der Waals surface area (Å²) in [7, 11) is 0. The number of primary amides is 1. The molecule has 1 aromatic carbocycles. The van der Waals surface area contributed by atoms with Gasteiger partial charge >= 0.3 is 6.03 Å². The summed E-state index contributed by atoms with van der Waals surface area (Å²) in [6.45, 7) is 1.85. The maximum Gasteiger partial charge on any atom is 0.321 e. The second-order valence-corrected chi connectivity index (χ2v) is 4.06. The molecular formula is C12H14N2O2. The maximum absolute atomic E-state index is 11.6. The van der Waals surface area contributed by atoms with E-state index in [-0.39, 0.29) is 17.9 Å². The van der Waals surface area contributed by atoms with Gasteiger partial charge in [-0.2, -0.15) is 0 Å². The van der Waals surface area contributed by atoms with Crippen LogP contribution in [0.2, 0.25) is 0 Å². The Balaban J connectivity index is 2.27. The molecule has 1 aliphatic rings. The van der Waals surface area contributed by atoms with Crippen LogP contribution in [-0.2, 0) is 4.79 Å². The lowest BCUT2D eigenvalue weighted by molar-refractivity contribution is -0.125. The summed E-state index contributed by atoms with van der Waals surface area (Å²) in [5, 5.41) is 0. The van der Waals surface area contributed by atoms with Crippen molar-refractivity contribution in [1.82, 2.24) is 4.90 Å². The third-order valence-electron chi connectivity index (χ3n) is 3.12. The van der Waals surface area contributed by atoms with Crippen LogP contribution in [0.5, 0.6) is 0 Å². The molecule has 1 heterocycles. The molecule has 84 valence electrons. The molecule has 4 heteroatoms. The maximum atomic E-state index is 11.6. The zero-order valence-corrected chi connectivity index (χ0v) is 9.09. The van der Waals surface area contributed by atoms with Crippen LogP contribution in [0.3, 0.4) is 0 Å². The van der Waals surface area contributed by atoms with E-state index in [0.717, 1.165) is 10.5 Å². The van der Waals surface area contributed by atoms with Crippen LogP contribution >= 0.6 is 0 Å². The summed E-state index contributed by atoms with van der Waals surface area (Å²) in [6, 6.07) is 8.91. The summed E-state index contributed by atoms with van der Waals surface area (Å²) in [6.07, 6.45) is 0.355. The van der Waals surface area contributed by atoms with Crippen LogP contribution in [0, 0.1) is 0 Å². The topological polar surface area (TPSA) is 63.4 Å². The minimum atomic E-state index is -0.657. The number of urea groups is 1. The second-order valence-electron chi connectivity index (χ2n) is 4.06. The van der Waals surface area contributed by atoms with Gasteiger partial charge in [-0.05, 0) is 12.5 Å². The number of carbonyl (C=O) groups is 2. The molecule has 0 radical (unpaired) electrons. The average Bonchev–Trinajstić information content (AvgIpc) is 2.55. The third kappa shape index (κ3) is 1.66. The van der Waals surface area contributed by atoms with Gasteiger partial charge in [0, 0.05) is 18.4 Å². The number of hydrogen-bond acceptors (Lipinski definition) is 2. The number of amides is 3. The van der Waals surface area contributed by atoms with Crippen molar-refractivity contribution < 1.29 is 9.59 Å². The van der Waals surface area contributed by atoms with E-state index in [0.29, 0.717) is 6.42 Å². The Morgan fingerprint density at radius 2 is 2.00 bits per heavy atom. The number of benzene rings is 1. The minimum Gasteiger partial charge on any atom is -0.351 e. The number of rotatable bonds is 1. The van der Waals surface area contributed by atoms with E-state index in [2.05, 4.69) is 0 Å². The highest BCUT2D eigenvalue weighted by Gasteiger charge is 2.40. The Morgan fingerprint density at radius 1 is 1.38 bits per heavy atom. The van der Waals surface area contributed by atoms with Crippen molar-refractivity contribution >= 4 is 11.9 Å². The van der Waals surface area contributed by atoms with Gasteiger partial charge in [0.05, 0.1) is 0 Å². The Morgan fingerprint density at radius 3 is 2.50 bits per heavy atom. The lowest BCUT2D eigenvalue weighted by atomic mass is 9.93. The van der Waals surface area contributed by atoms with Crippen LogP contribution in [-0.4, -0.2) is 22.9 Å². The van der Waals surface area contributed by atoms with Gasteiger partial charge in [0.2, 0.25) is 5.91 Å². The molecule has 4 nitrogen and oxygen atoms in total. The largest absolute Gasteiger partial charge is 0.351 e. The Kier molecular flexibility index (Phi) is 2.64. The van der Waals surface area contributed by atoms with Crippen LogP contribution in [0.1, 0.15) is 24.8 Å². The van der Waals surface area contributed by atoms with Gasteiger partial charge in [-0.1, -0.05) is 30.3 Å². The first-order valence-corrected chi connectivity index (χ1v) is 5.27. The van der Waals surface area contributed by atoms with Gasteiger partial charge in [-0.25, -0.2) is 4.79 Å². The third-order valence-corrected chi connectivity index (χ3v) is 3.12. The van der Waals surface area contributed by atoms with Crippen molar-refractivity contribution in [2.24, 2.45) is 5.73 Å². The molecule has 2 rings (SSSR count). The van der Waals surface area contributed by atoms with Gasteiger partial charge in [0.1, 0.15) is 0 Å². The lowest BCUT2D eigenvalue weighted by Gasteiger charge is -2.21. The molecule has 1 fully saturated rings. The Labute approximate surface area is 94.0 Å². The van der Waals surface area contributed by atoms with Crippen molar-refractivity contribution in [2.75, 3.05) is 0 Å². The van der Waals surface area contributed by atoms with E-state index in [1.165, 1.54) is 0 Å². The predicted octanol–water partition coefficient (Wildman–Crippen LogP) is 1.47. The van der Waals surface area contributed by atoms with Crippen LogP contribution in [0.25, 0.3) is 0 Å². The SMILES string of the molecule is CC1C(c2ccccc2)CC(=O)N1C(N)=O. The molecule has 1 aromatic rings. The first-order valence-electron chi connectivity index (χ1n) is 5.27. The van der Waals surface area contributed by atoms with Gasteiger partial charge in [-0.15, -0.1) is 0 Å². The molecule has 0 spiro atoms. The number of hydrogen-bond donors (Lipinski definition) is 1. The van der Waals surface area contributed by atoms with Crippen LogP contribution in [0.15, 0.2) is 30.3 Å². The summed E-state index contributed by atoms with van der Waals surface area (Å²) in [5.74, 6) is -0.130. The molecule has 0 bridgehead atoms. The first kappa shape index (κ1) is 10.7. The molecule has 0 aliphatic carbocycles. The molecule has 0 aromatic heterocycles. The number of nitrogens with zero attached hydrogens (tertiary/aromatic N) is 1. The zero-order valence-electron chi connectivity index (χ0n) is 9.09. The summed E-state index contributed by atoms with van der Waals surface area (Å²) in [5.41, 5.74) is 6.26. The van der Waals surface area contributed by atoms with Crippen molar-refractivity contribution in [3.63, 3.8) is 0 Å². The van der Waals surface area contributed by atoms with E-state index in [1.54, 1.807) is 0 Å². The molecule has 16 heavy (non-hydrogen) atoms. The van der Waals surface area contributed by atoms with E-state index in [9.17, 15) is 9.59 Å². The van der Waals surface area contributed by atoms with Crippen molar-refractivity contribution in [2.45, 2.75) is 25.3 Å². The molecule has 0 saturated carbocycles. The van der Waals surface area contributed by atoms with Gasteiger partial charge in [0.25, 0.3) is 0 Å². The molecule has 2 N–H and O–H groups in total. The highest BCUT2D eigenvalue weighted by atomic mass is 16.2. The van der Waals surface area contributed by atoms with Gasteiger partial charge in [-0.3, -0.25) is 9.69 Å². The number of nitrogens with two attached hydrogens (primary N) is 1. The zero-order chi connectivity index (χ0) is 11.7. The fourth-order valence-corrected chi connectivity index (χ4v) is 2.28. The predicted molar refractivity (Wildman–Crippen MR) is 59.7 cm³/mol. The van der Waals surface area contributed by atoms with E-state index in [4.69, 9.17) is 5.73 Å². The molecule has 2 unspecified atom stereocenters. The van der Waals surface area contributed by atoms with E-state index in [1.807, 2.05) is 37.3 Å². The van der Waals surface area contributed by atoms with E-state index < -0.39 is 6.03 Å². The standard InChI is InChI=1S/C12H14N2O2/c1-8-10(9-5-3-2-4-6-9)7-11(15)14(8)12(13)16/h2-6,8,10H,7H2,1H3,(H2,13,16). The second kappa shape index (κ2) is 3.96. The summed E-state index contributed by atoms with van der Waals surface area (Å²) < 4.78 is 0.